The smallest absolute Gasteiger partial charge is 0.323 e. The molecule has 0 spiro atoms. The summed E-state index contributed by atoms with van der Waals surface area (Å²) in [6.45, 7) is 2.58. The number of carbonyl (C=O) groups excluding carboxylic acids is 1. The van der Waals surface area contributed by atoms with Gasteiger partial charge in [0.15, 0.2) is 5.76 Å². The van der Waals surface area contributed by atoms with Crippen LogP contribution in [0.1, 0.15) is 30.3 Å². The van der Waals surface area contributed by atoms with Crippen LogP contribution >= 0.6 is 11.5 Å². The maximum atomic E-state index is 12.2. The highest BCUT2D eigenvalue weighted by molar-refractivity contribution is 7.10. The van der Waals surface area contributed by atoms with Gasteiger partial charge >= 0.3 is 6.03 Å². The van der Waals surface area contributed by atoms with Gasteiger partial charge in [-0.1, -0.05) is 9.64 Å². The van der Waals surface area contributed by atoms with Crippen LogP contribution in [0.25, 0.3) is 0 Å². The molecular formula is C11H13N5O2S. The third kappa shape index (κ3) is 2.43. The molecule has 0 aromatic carbocycles. The summed E-state index contributed by atoms with van der Waals surface area (Å²) >= 11 is 1.16. The summed E-state index contributed by atoms with van der Waals surface area (Å²) in [4.78, 5) is 14.0. The summed E-state index contributed by atoms with van der Waals surface area (Å²) in [5.41, 5.74) is 0.828. The first-order valence-electron chi connectivity index (χ1n) is 6.02. The van der Waals surface area contributed by atoms with Crippen LogP contribution < -0.4 is 5.32 Å². The maximum absolute atomic E-state index is 12.2. The second kappa shape index (κ2) is 4.96. The molecule has 0 radical (unpaired) electrons. The molecule has 1 saturated heterocycles. The Hall–Kier alpha value is -1.96. The number of aromatic nitrogens is 3. The van der Waals surface area contributed by atoms with E-state index in [1.165, 1.54) is 6.20 Å². The van der Waals surface area contributed by atoms with Gasteiger partial charge in [0.05, 0.1) is 17.9 Å². The summed E-state index contributed by atoms with van der Waals surface area (Å²) in [7, 11) is 0. The lowest BCUT2D eigenvalue weighted by Crippen LogP contribution is -2.34. The van der Waals surface area contributed by atoms with Crippen molar-refractivity contribution in [2.24, 2.45) is 0 Å². The van der Waals surface area contributed by atoms with Crippen LogP contribution in [0.2, 0.25) is 0 Å². The first-order valence-corrected chi connectivity index (χ1v) is 6.79. The number of likely N-dealkylation sites (tertiary alicyclic amines) is 1. The van der Waals surface area contributed by atoms with Crippen LogP contribution in [-0.2, 0) is 0 Å². The molecule has 1 aliphatic heterocycles. The normalized spacial score (nSPS) is 18.8. The van der Waals surface area contributed by atoms with Crippen molar-refractivity contribution >= 4 is 22.6 Å². The van der Waals surface area contributed by atoms with Crippen molar-refractivity contribution in [3.8, 4) is 0 Å². The third-order valence-electron chi connectivity index (χ3n) is 3.08. The van der Waals surface area contributed by atoms with Crippen LogP contribution in [0.15, 0.2) is 16.8 Å². The van der Waals surface area contributed by atoms with Gasteiger partial charge in [0, 0.05) is 24.1 Å². The molecule has 1 N–H and O–H groups in total. The minimum atomic E-state index is -0.150. The fourth-order valence-corrected chi connectivity index (χ4v) is 2.65. The molecule has 3 rings (SSSR count). The molecule has 2 aromatic heterocycles. The maximum Gasteiger partial charge on any atom is 0.323 e. The molecule has 2 aromatic rings. The second-order valence-corrected chi connectivity index (χ2v) is 5.22. The molecule has 0 bridgehead atoms. The van der Waals surface area contributed by atoms with Gasteiger partial charge in [-0.25, -0.2) is 4.79 Å². The molecule has 3 heterocycles. The second-order valence-electron chi connectivity index (χ2n) is 4.43. The van der Waals surface area contributed by atoms with Crippen LogP contribution in [0.4, 0.5) is 9.80 Å². The molecule has 100 valence electrons. The standard InChI is InChI=1S/C11H13N5O2S/c1-7-5-9(18-14-7)8-3-2-4-16(8)11(17)13-10-6-12-15-19-10/h5-6,8H,2-4H2,1H3,(H,13,17)/t8-/m0/s1. The fraction of sp³-hybridized carbons (Fsp3) is 0.455. The highest BCUT2D eigenvalue weighted by Crippen LogP contribution is 2.32. The zero-order chi connectivity index (χ0) is 13.2. The topological polar surface area (TPSA) is 84.2 Å². The van der Waals surface area contributed by atoms with E-state index in [-0.39, 0.29) is 12.1 Å². The van der Waals surface area contributed by atoms with Gasteiger partial charge in [-0.05, 0) is 19.8 Å². The quantitative estimate of drug-likeness (QED) is 0.911. The number of aryl methyl sites for hydroxylation is 1. The van der Waals surface area contributed by atoms with Gasteiger partial charge in [0.1, 0.15) is 5.00 Å². The molecule has 0 saturated carbocycles. The summed E-state index contributed by atoms with van der Waals surface area (Å²) in [5, 5.41) is 11.0. The molecule has 8 heteroatoms. The van der Waals surface area contributed by atoms with Crippen LogP contribution in [-0.4, -0.2) is 32.2 Å². The average Bonchev–Trinajstić information content (AvgIpc) is 3.07. The average molecular weight is 279 g/mol. The number of rotatable bonds is 2. The number of hydrogen-bond donors (Lipinski definition) is 1. The first kappa shape index (κ1) is 12.1. The number of hydrogen-bond acceptors (Lipinski definition) is 6. The highest BCUT2D eigenvalue weighted by atomic mass is 32.1. The molecular weight excluding hydrogens is 266 g/mol. The lowest BCUT2D eigenvalue weighted by molar-refractivity contribution is 0.195. The van der Waals surface area contributed by atoms with E-state index in [0.29, 0.717) is 11.5 Å². The Balaban J connectivity index is 1.74. The number of nitrogens with one attached hydrogen (secondary N) is 1. The Morgan fingerprint density at radius 1 is 1.63 bits per heavy atom. The van der Waals surface area contributed by atoms with Crippen molar-refractivity contribution in [2.75, 3.05) is 11.9 Å². The lowest BCUT2D eigenvalue weighted by atomic mass is 10.1. The van der Waals surface area contributed by atoms with E-state index in [1.807, 2.05) is 13.0 Å². The Kier molecular flexibility index (Phi) is 3.16. The van der Waals surface area contributed by atoms with E-state index in [9.17, 15) is 4.79 Å². The Morgan fingerprint density at radius 2 is 2.53 bits per heavy atom. The van der Waals surface area contributed by atoms with Crippen LogP contribution in [0.5, 0.6) is 0 Å². The van der Waals surface area contributed by atoms with Crippen LogP contribution in [0.3, 0.4) is 0 Å². The largest absolute Gasteiger partial charge is 0.359 e. The Bertz CT molecular complexity index is 567. The van der Waals surface area contributed by atoms with Gasteiger partial charge in [-0.3, -0.25) is 5.32 Å². The SMILES string of the molecule is Cc1cc([C@@H]2CCCN2C(=O)Nc2cnns2)on1. The first-order chi connectivity index (χ1) is 9.24. The molecule has 1 fully saturated rings. The molecule has 1 atom stereocenters. The number of amides is 2. The molecule has 2 amide bonds. The summed E-state index contributed by atoms with van der Waals surface area (Å²) in [5.74, 6) is 0.743. The van der Waals surface area contributed by atoms with Crippen molar-refractivity contribution in [3.05, 3.63) is 23.7 Å². The number of urea groups is 1. The van der Waals surface area contributed by atoms with Gasteiger partial charge in [-0.2, -0.15) is 0 Å². The predicted octanol–water partition coefficient (Wildman–Crippen LogP) is 2.20. The van der Waals surface area contributed by atoms with E-state index < -0.39 is 0 Å². The number of carbonyl (C=O) groups is 1. The van der Waals surface area contributed by atoms with Gasteiger partial charge in [-0.15, -0.1) is 5.10 Å². The molecule has 19 heavy (non-hydrogen) atoms. The zero-order valence-electron chi connectivity index (χ0n) is 10.4. The van der Waals surface area contributed by atoms with Crippen LogP contribution in [0, 0.1) is 6.92 Å². The molecule has 0 unspecified atom stereocenters. The van der Waals surface area contributed by atoms with E-state index in [2.05, 4.69) is 20.1 Å². The predicted molar refractivity (Wildman–Crippen MR) is 68.8 cm³/mol. The van der Waals surface area contributed by atoms with Crippen molar-refractivity contribution in [2.45, 2.75) is 25.8 Å². The van der Waals surface area contributed by atoms with Crippen molar-refractivity contribution in [3.63, 3.8) is 0 Å². The molecule has 7 nitrogen and oxygen atoms in total. The number of anilines is 1. The van der Waals surface area contributed by atoms with Crippen molar-refractivity contribution in [1.29, 1.82) is 0 Å². The number of nitrogens with zero attached hydrogens (tertiary/aromatic N) is 4. The monoisotopic (exact) mass is 279 g/mol. The minimum absolute atomic E-state index is 0.0397. The molecule has 0 aliphatic carbocycles. The summed E-state index contributed by atoms with van der Waals surface area (Å²) in [6.07, 6.45) is 3.38. The van der Waals surface area contributed by atoms with E-state index in [1.54, 1.807) is 4.90 Å². The van der Waals surface area contributed by atoms with E-state index in [4.69, 9.17) is 4.52 Å². The van der Waals surface area contributed by atoms with Crippen molar-refractivity contribution < 1.29 is 9.32 Å². The third-order valence-corrected chi connectivity index (χ3v) is 3.66. The van der Waals surface area contributed by atoms with Gasteiger partial charge in [0.2, 0.25) is 0 Å². The zero-order valence-corrected chi connectivity index (χ0v) is 11.2. The summed E-state index contributed by atoms with van der Waals surface area (Å²) in [6, 6.07) is 1.69. The van der Waals surface area contributed by atoms with Gasteiger partial charge < -0.3 is 9.42 Å². The van der Waals surface area contributed by atoms with Gasteiger partial charge in [0.25, 0.3) is 0 Å². The minimum Gasteiger partial charge on any atom is -0.359 e. The molecule has 1 aliphatic rings. The Labute approximate surface area is 113 Å². The van der Waals surface area contributed by atoms with E-state index >= 15 is 0 Å². The summed E-state index contributed by atoms with van der Waals surface area (Å²) < 4.78 is 8.98. The fourth-order valence-electron chi connectivity index (χ4n) is 2.25. The highest BCUT2D eigenvalue weighted by Gasteiger charge is 2.32. The van der Waals surface area contributed by atoms with E-state index in [0.717, 1.165) is 35.8 Å². The van der Waals surface area contributed by atoms with Crippen molar-refractivity contribution in [1.82, 2.24) is 19.6 Å². The Morgan fingerprint density at radius 3 is 3.21 bits per heavy atom. The lowest BCUT2D eigenvalue weighted by Gasteiger charge is -2.22.